The third-order valence-corrected chi connectivity index (χ3v) is 4.22. The summed E-state index contributed by atoms with van der Waals surface area (Å²) in [6.45, 7) is 7.51. The van der Waals surface area contributed by atoms with Crippen molar-refractivity contribution in [3.63, 3.8) is 0 Å². The first kappa shape index (κ1) is 18.5. The summed E-state index contributed by atoms with van der Waals surface area (Å²) in [6, 6.07) is 15.9. The highest BCUT2D eigenvalue weighted by Crippen LogP contribution is 2.24. The van der Waals surface area contributed by atoms with E-state index in [0.717, 1.165) is 15.8 Å². The van der Waals surface area contributed by atoms with Crippen molar-refractivity contribution in [1.29, 1.82) is 0 Å². The maximum atomic E-state index is 11.9. The second kappa shape index (κ2) is 8.34. The van der Waals surface area contributed by atoms with Gasteiger partial charge in [0.25, 0.3) is 0 Å². The van der Waals surface area contributed by atoms with Crippen LogP contribution in [-0.4, -0.2) is 19.1 Å². The molecule has 1 N–H and O–H groups in total. The number of halogens is 1. The van der Waals surface area contributed by atoms with Crippen molar-refractivity contribution in [1.82, 2.24) is 5.32 Å². The molecule has 4 heteroatoms. The van der Waals surface area contributed by atoms with Crippen LogP contribution >= 0.6 is 15.9 Å². The van der Waals surface area contributed by atoms with Gasteiger partial charge in [0.15, 0.2) is 0 Å². The van der Waals surface area contributed by atoms with Crippen LogP contribution in [-0.2, 0) is 16.6 Å². The summed E-state index contributed by atoms with van der Waals surface area (Å²) in [5.74, 6) is 0.828. The smallest absolute Gasteiger partial charge is 0.224 e. The molecule has 0 bridgehead atoms. The maximum absolute atomic E-state index is 11.9. The zero-order valence-corrected chi connectivity index (χ0v) is 16.0. The second-order valence-corrected chi connectivity index (χ2v) is 7.69. The third kappa shape index (κ3) is 6.00. The topological polar surface area (TPSA) is 38.3 Å². The van der Waals surface area contributed by atoms with E-state index in [1.165, 1.54) is 5.56 Å². The molecular weight excluding hydrogens is 366 g/mol. The third-order valence-electron chi connectivity index (χ3n) is 3.69. The Labute approximate surface area is 152 Å². The number of nitrogens with one attached hydrogen (secondary N) is 1. The molecule has 0 unspecified atom stereocenters. The lowest BCUT2D eigenvalue weighted by molar-refractivity contribution is -0.120. The van der Waals surface area contributed by atoms with E-state index in [0.29, 0.717) is 19.6 Å². The number of hydrogen-bond donors (Lipinski definition) is 1. The maximum Gasteiger partial charge on any atom is 0.224 e. The SMILES string of the molecule is CC(C)(C)c1ccc(OCCNC(=O)Cc2ccc(Br)cc2)cc1. The molecule has 0 spiro atoms. The van der Waals surface area contributed by atoms with Gasteiger partial charge >= 0.3 is 0 Å². The van der Waals surface area contributed by atoms with Gasteiger partial charge in [-0.25, -0.2) is 0 Å². The molecule has 0 fully saturated rings. The predicted molar refractivity (Wildman–Crippen MR) is 101 cm³/mol. The summed E-state index contributed by atoms with van der Waals surface area (Å²) >= 11 is 3.38. The van der Waals surface area contributed by atoms with E-state index in [4.69, 9.17) is 4.74 Å². The van der Waals surface area contributed by atoms with Gasteiger partial charge in [0, 0.05) is 4.47 Å². The summed E-state index contributed by atoms with van der Waals surface area (Å²) in [4.78, 5) is 11.9. The molecule has 2 aromatic rings. The lowest BCUT2D eigenvalue weighted by Gasteiger charge is -2.19. The molecule has 3 nitrogen and oxygen atoms in total. The van der Waals surface area contributed by atoms with Gasteiger partial charge in [0.2, 0.25) is 5.91 Å². The molecule has 0 aliphatic heterocycles. The van der Waals surface area contributed by atoms with E-state index < -0.39 is 0 Å². The summed E-state index contributed by atoms with van der Waals surface area (Å²) in [5, 5.41) is 2.88. The molecule has 0 saturated heterocycles. The van der Waals surface area contributed by atoms with Crippen molar-refractivity contribution in [3.8, 4) is 5.75 Å². The molecule has 0 saturated carbocycles. The highest BCUT2D eigenvalue weighted by Gasteiger charge is 2.12. The van der Waals surface area contributed by atoms with Gasteiger partial charge in [-0.2, -0.15) is 0 Å². The van der Waals surface area contributed by atoms with Gasteiger partial charge in [-0.15, -0.1) is 0 Å². The van der Waals surface area contributed by atoms with E-state index in [1.807, 2.05) is 36.4 Å². The van der Waals surface area contributed by atoms with E-state index in [2.05, 4.69) is 54.2 Å². The van der Waals surface area contributed by atoms with Crippen molar-refractivity contribution in [2.45, 2.75) is 32.6 Å². The lowest BCUT2D eigenvalue weighted by atomic mass is 9.87. The molecule has 0 aromatic heterocycles. The van der Waals surface area contributed by atoms with Crippen LogP contribution in [0.2, 0.25) is 0 Å². The zero-order valence-electron chi connectivity index (χ0n) is 14.4. The highest BCUT2D eigenvalue weighted by atomic mass is 79.9. The quantitative estimate of drug-likeness (QED) is 0.739. The number of ether oxygens (including phenoxy) is 1. The van der Waals surface area contributed by atoms with E-state index >= 15 is 0 Å². The number of rotatable bonds is 6. The van der Waals surface area contributed by atoms with Crippen LogP contribution in [0.15, 0.2) is 53.0 Å². The predicted octanol–water partition coefficient (Wildman–Crippen LogP) is 4.48. The van der Waals surface area contributed by atoms with Crippen molar-refractivity contribution in [2.75, 3.05) is 13.2 Å². The van der Waals surface area contributed by atoms with Gasteiger partial charge in [-0.05, 0) is 40.8 Å². The Bertz CT molecular complexity index is 658. The first-order chi connectivity index (χ1) is 11.3. The normalized spacial score (nSPS) is 11.2. The molecule has 0 radical (unpaired) electrons. The zero-order chi connectivity index (χ0) is 17.6. The molecule has 1 amide bonds. The Morgan fingerprint density at radius 3 is 2.25 bits per heavy atom. The summed E-state index contributed by atoms with van der Waals surface area (Å²) in [6.07, 6.45) is 0.382. The fourth-order valence-corrected chi connectivity index (χ4v) is 2.52. The van der Waals surface area contributed by atoms with Crippen LogP contribution in [0.3, 0.4) is 0 Å². The molecule has 0 aliphatic carbocycles. The Kier molecular flexibility index (Phi) is 6.44. The van der Waals surface area contributed by atoms with Crippen LogP contribution in [0.4, 0.5) is 0 Å². The first-order valence-corrected chi connectivity index (χ1v) is 8.88. The Balaban J connectivity index is 1.70. The average molecular weight is 390 g/mol. The molecule has 0 aliphatic rings. The molecule has 2 aromatic carbocycles. The van der Waals surface area contributed by atoms with E-state index in [-0.39, 0.29) is 11.3 Å². The van der Waals surface area contributed by atoms with Crippen LogP contribution in [0.25, 0.3) is 0 Å². The number of hydrogen-bond acceptors (Lipinski definition) is 2. The van der Waals surface area contributed by atoms with Gasteiger partial charge in [0.05, 0.1) is 13.0 Å². The van der Waals surface area contributed by atoms with Gasteiger partial charge in [-0.1, -0.05) is 61.0 Å². The Morgan fingerprint density at radius 1 is 1.04 bits per heavy atom. The number of amides is 1. The molecule has 0 atom stereocenters. The van der Waals surface area contributed by atoms with Crippen molar-refractivity contribution in [2.24, 2.45) is 0 Å². The average Bonchev–Trinajstić information content (AvgIpc) is 2.53. The second-order valence-electron chi connectivity index (χ2n) is 6.78. The fraction of sp³-hybridized carbons (Fsp3) is 0.350. The van der Waals surface area contributed by atoms with Gasteiger partial charge in [-0.3, -0.25) is 4.79 Å². The van der Waals surface area contributed by atoms with Gasteiger partial charge < -0.3 is 10.1 Å². The van der Waals surface area contributed by atoms with Gasteiger partial charge in [0.1, 0.15) is 12.4 Å². The molecule has 0 heterocycles. The first-order valence-electron chi connectivity index (χ1n) is 8.09. The van der Waals surface area contributed by atoms with E-state index in [9.17, 15) is 4.79 Å². The number of carbonyl (C=O) groups is 1. The minimum atomic E-state index is 0.00371. The summed E-state index contributed by atoms with van der Waals surface area (Å²) in [7, 11) is 0. The van der Waals surface area contributed by atoms with Crippen LogP contribution in [0.5, 0.6) is 5.75 Å². The van der Waals surface area contributed by atoms with Crippen LogP contribution < -0.4 is 10.1 Å². The van der Waals surface area contributed by atoms with Crippen molar-refractivity contribution >= 4 is 21.8 Å². The van der Waals surface area contributed by atoms with Crippen LogP contribution in [0.1, 0.15) is 31.9 Å². The van der Waals surface area contributed by atoms with Crippen LogP contribution in [0, 0.1) is 0 Å². The summed E-state index contributed by atoms with van der Waals surface area (Å²) in [5.41, 5.74) is 2.41. The van der Waals surface area contributed by atoms with Crippen molar-refractivity contribution in [3.05, 3.63) is 64.1 Å². The largest absolute Gasteiger partial charge is 0.492 e. The standard InChI is InChI=1S/C20H24BrNO2/c1-20(2,3)16-6-10-18(11-7-16)24-13-12-22-19(23)14-15-4-8-17(21)9-5-15/h4-11H,12-14H2,1-3H3,(H,22,23). The molecule has 128 valence electrons. The molecule has 24 heavy (non-hydrogen) atoms. The number of benzene rings is 2. The molecule has 2 rings (SSSR count). The Morgan fingerprint density at radius 2 is 1.67 bits per heavy atom. The number of carbonyl (C=O) groups excluding carboxylic acids is 1. The monoisotopic (exact) mass is 389 g/mol. The fourth-order valence-electron chi connectivity index (χ4n) is 2.26. The lowest BCUT2D eigenvalue weighted by Crippen LogP contribution is -2.29. The summed E-state index contributed by atoms with van der Waals surface area (Å²) < 4.78 is 6.68. The minimum absolute atomic E-state index is 0.00371. The van der Waals surface area contributed by atoms with E-state index in [1.54, 1.807) is 0 Å². The molecular formula is C20H24BrNO2. The van der Waals surface area contributed by atoms with Crippen molar-refractivity contribution < 1.29 is 9.53 Å². The highest BCUT2D eigenvalue weighted by molar-refractivity contribution is 9.10. The minimum Gasteiger partial charge on any atom is -0.492 e. The Hall–Kier alpha value is -1.81.